The number of imidazole rings is 1. The van der Waals surface area contributed by atoms with Crippen LogP contribution in [0.15, 0.2) is 48.8 Å². The number of anilines is 1. The Hall–Kier alpha value is -2.69. The van der Waals surface area contributed by atoms with E-state index in [9.17, 15) is 0 Å². The first-order valence-corrected chi connectivity index (χ1v) is 7.69. The summed E-state index contributed by atoms with van der Waals surface area (Å²) >= 11 is 0. The molecule has 0 unspecified atom stereocenters. The molecule has 0 radical (unpaired) electrons. The monoisotopic (exact) mass is 307 g/mol. The number of benzene rings is 1. The van der Waals surface area contributed by atoms with Gasteiger partial charge in [-0.05, 0) is 19.4 Å². The van der Waals surface area contributed by atoms with E-state index in [0.717, 1.165) is 29.7 Å². The van der Waals surface area contributed by atoms with Gasteiger partial charge in [0.15, 0.2) is 0 Å². The van der Waals surface area contributed by atoms with Gasteiger partial charge in [0.25, 0.3) is 0 Å². The summed E-state index contributed by atoms with van der Waals surface area (Å²) in [5.74, 6) is 2.73. The number of hydrogen-bond donors (Lipinski definition) is 0. The zero-order valence-corrected chi connectivity index (χ0v) is 13.8. The van der Waals surface area contributed by atoms with Gasteiger partial charge in [-0.15, -0.1) is 0 Å². The second-order valence-electron chi connectivity index (χ2n) is 5.73. The predicted molar refractivity (Wildman–Crippen MR) is 91.4 cm³/mol. The Kier molecular flexibility index (Phi) is 4.37. The lowest BCUT2D eigenvalue weighted by Gasteiger charge is -2.19. The van der Waals surface area contributed by atoms with Gasteiger partial charge in [0.05, 0.1) is 6.54 Å². The summed E-state index contributed by atoms with van der Waals surface area (Å²) in [6, 6.07) is 12.4. The minimum atomic E-state index is 0.704. The van der Waals surface area contributed by atoms with Crippen molar-refractivity contribution in [2.45, 2.75) is 26.9 Å². The molecule has 0 aliphatic rings. The second-order valence-corrected chi connectivity index (χ2v) is 5.73. The highest BCUT2D eigenvalue weighted by Gasteiger charge is 2.10. The fourth-order valence-electron chi connectivity index (χ4n) is 2.60. The lowest BCUT2D eigenvalue weighted by molar-refractivity contribution is 0.702. The normalized spacial score (nSPS) is 10.7. The Bertz CT molecular complexity index is 759. The van der Waals surface area contributed by atoms with E-state index < -0.39 is 0 Å². The zero-order valence-electron chi connectivity index (χ0n) is 13.8. The van der Waals surface area contributed by atoms with E-state index in [1.807, 2.05) is 45.4 Å². The van der Waals surface area contributed by atoms with Gasteiger partial charge >= 0.3 is 0 Å². The van der Waals surface area contributed by atoms with Gasteiger partial charge in [0, 0.05) is 37.7 Å². The molecule has 118 valence electrons. The van der Waals surface area contributed by atoms with Crippen molar-refractivity contribution in [3.05, 3.63) is 71.7 Å². The summed E-state index contributed by atoms with van der Waals surface area (Å²) in [6.45, 7) is 5.44. The maximum atomic E-state index is 4.51. The number of rotatable bonds is 5. The SMILES string of the molecule is Cc1cc(N(C)Cc2nccn2Cc2ccccc2)nc(C)n1. The van der Waals surface area contributed by atoms with Crippen LogP contribution in [0, 0.1) is 13.8 Å². The van der Waals surface area contributed by atoms with Crippen LogP contribution in [-0.4, -0.2) is 26.6 Å². The van der Waals surface area contributed by atoms with Crippen molar-refractivity contribution >= 4 is 5.82 Å². The summed E-state index contributed by atoms with van der Waals surface area (Å²) < 4.78 is 2.17. The van der Waals surface area contributed by atoms with Crippen LogP contribution in [-0.2, 0) is 13.1 Å². The maximum Gasteiger partial charge on any atom is 0.132 e. The van der Waals surface area contributed by atoms with Crippen molar-refractivity contribution in [2.75, 3.05) is 11.9 Å². The Morgan fingerprint density at radius 1 is 1.09 bits per heavy atom. The molecule has 0 amide bonds. The number of aromatic nitrogens is 4. The van der Waals surface area contributed by atoms with E-state index in [1.54, 1.807) is 0 Å². The molecule has 3 rings (SSSR count). The quantitative estimate of drug-likeness (QED) is 0.727. The van der Waals surface area contributed by atoms with Crippen LogP contribution in [0.2, 0.25) is 0 Å². The molecule has 0 spiro atoms. The van der Waals surface area contributed by atoms with Crippen molar-refractivity contribution in [3.63, 3.8) is 0 Å². The van der Waals surface area contributed by atoms with Gasteiger partial charge in [0.1, 0.15) is 17.5 Å². The summed E-state index contributed by atoms with van der Waals surface area (Å²) in [6.07, 6.45) is 3.87. The van der Waals surface area contributed by atoms with Crippen molar-refractivity contribution in [3.8, 4) is 0 Å². The Morgan fingerprint density at radius 3 is 2.61 bits per heavy atom. The molecule has 0 bridgehead atoms. The van der Waals surface area contributed by atoms with Crippen molar-refractivity contribution in [1.29, 1.82) is 0 Å². The smallest absolute Gasteiger partial charge is 0.132 e. The molecule has 23 heavy (non-hydrogen) atoms. The van der Waals surface area contributed by atoms with Crippen LogP contribution < -0.4 is 4.90 Å². The zero-order chi connectivity index (χ0) is 16.2. The fourth-order valence-corrected chi connectivity index (χ4v) is 2.60. The highest BCUT2D eigenvalue weighted by molar-refractivity contribution is 5.38. The molecular weight excluding hydrogens is 286 g/mol. The second kappa shape index (κ2) is 6.60. The first-order chi connectivity index (χ1) is 11.1. The molecule has 0 saturated heterocycles. The standard InChI is InChI=1S/C18H21N5/c1-14-11-17(21-15(2)20-14)22(3)13-18-19-9-10-23(18)12-16-7-5-4-6-8-16/h4-11H,12-13H2,1-3H3. The van der Waals surface area contributed by atoms with Gasteiger partial charge in [-0.3, -0.25) is 0 Å². The van der Waals surface area contributed by atoms with E-state index in [1.165, 1.54) is 5.56 Å². The average molecular weight is 307 g/mol. The summed E-state index contributed by atoms with van der Waals surface area (Å²) in [4.78, 5) is 15.4. The molecule has 5 heteroatoms. The van der Waals surface area contributed by atoms with Gasteiger partial charge in [-0.2, -0.15) is 0 Å². The van der Waals surface area contributed by atoms with Crippen LogP contribution in [0.4, 0.5) is 5.82 Å². The lowest BCUT2D eigenvalue weighted by Crippen LogP contribution is -2.21. The summed E-state index contributed by atoms with van der Waals surface area (Å²) in [7, 11) is 2.03. The number of aryl methyl sites for hydroxylation is 2. The first-order valence-electron chi connectivity index (χ1n) is 7.69. The predicted octanol–water partition coefficient (Wildman–Crippen LogP) is 2.97. The van der Waals surface area contributed by atoms with Crippen LogP contribution in [0.25, 0.3) is 0 Å². The molecule has 0 aliphatic heterocycles. The first kappa shape index (κ1) is 15.2. The minimum Gasteiger partial charge on any atom is -0.352 e. The molecule has 0 fully saturated rings. The van der Waals surface area contributed by atoms with Crippen LogP contribution >= 0.6 is 0 Å². The molecule has 0 atom stereocenters. The Morgan fingerprint density at radius 2 is 1.87 bits per heavy atom. The van der Waals surface area contributed by atoms with Gasteiger partial charge < -0.3 is 9.47 Å². The summed E-state index contributed by atoms with van der Waals surface area (Å²) in [5, 5.41) is 0. The molecule has 5 nitrogen and oxygen atoms in total. The van der Waals surface area contributed by atoms with E-state index in [0.29, 0.717) is 6.54 Å². The molecular formula is C18H21N5. The third-order valence-corrected chi connectivity index (χ3v) is 3.72. The van der Waals surface area contributed by atoms with E-state index >= 15 is 0 Å². The van der Waals surface area contributed by atoms with Crippen LogP contribution in [0.1, 0.15) is 22.9 Å². The molecule has 0 aliphatic carbocycles. The topological polar surface area (TPSA) is 46.8 Å². The van der Waals surface area contributed by atoms with Gasteiger partial charge in [-0.25, -0.2) is 15.0 Å². The third-order valence-electron chi connectivity index (χ3n) is 3.72. The largest absolute Gasteiger partial charge is 0.352 e. The van der Waals surface area contributed by atoms with E-state index in [2.05, 4.69) is 48.7 Å². The maximum absolute atomic E-state index is 4.51. The molecule has 3 aromatic rings. The molecule has 0 saturated carbocycles. The number of nitrogens with zero attached hydrogens (tertiary/aromatic N) is 5. The van der Waals surface area contributed by atoms with Crippen LogP contribution in [0.5, 0.6) is 0 Å². The molecule has 2 aromatic heterocycles. The van der Waals surface area contributed by atoms with E-state index in [-0.39, 0.29) is 0 Å². The fraction of sp³-hybridized carbons (Fsp3) is 0.278. The lowest BCUT2D eigenvalue weighted by atomic mass is 10.2. The van der Waals surface area contributed by atoms with Crippen molar-refractivity contribution in [2.24, 2.45) is 0 Å². The summed E-state index contributed by atoms with van der Waals surface area (Å²) in [5.41, 5.74) is 2.25. The highest BCUT2D eigenvalue weighted by Crippen LogP contribution is 2.14. The highest BCUT2D eigenvalue weighted by atomic mass is 15.2. The van der Waals surface area contributed by atoms with Crippen molar-refractivity contribution < 1.29 is 0 Å². The molecule has 0 N–H and O–H groups in total. The Balaban J connectivity index is 1.77. The van der Waals surface area contributed by atoms with Gasteiger partial charge in [-0.1, -0.05) is 30.3 Å². The Labute approximate surface area is 136 Å². The third kappa shape index (κ3) is 3.74. The van der Waals surface area contributed by atoms with Crippen molar-refractivity contribution in [1.82, 2.24) is 19.5 Å². The minimum absolute atomic E-state index is 0.704. The van der Waals surface area contributed by atoms with E-state index in [4.69, 9.17) is 0 Å². The average Bonchev–Trinajstić information content (AvgIpc) is 2.94. The number of hydrogen-bond acceptors (Lipinski definition) is 4. The molecule has 1 aromatic carbocycles. The van der Waals surface area contributed by atoms with Crippen LogP contribution in [0.3, 0.4) is 0 Å². The van der Waals surface area contributed by atoms with Gasteiger partial charge in [0.2, 0.25) is 0 Å². The molecule has 2 heterocycles.